The zero-order valence-corrected chi connectivity index (χ0v) is 31.4. The van der Waals surface area contributed by atoms with E-state index in [1.807, 2.05) is 41.7 Å². The van der Waals surface area contributed by atoms with E-state index in [0.717, 1.165) is 16.4 Å². The Morgan fingerprint density at radius 1 is 0.566 bits per heavy atom. The molecule has 0 aliphatic rings. The van der Waals surface area contributed by atoms with Gasteiger partial charge in [-0.2, -0.15) is 0 Å². The predicted molar refractivity (Wildman–Crippen MR) is 234 cm³/mol. The van der Waals surface area contributed by atoms with Crippen molar-refractivity contribution in [3.63, 3.8) is 0 Å². The predicted octanol–water partition coefficient (Wildman–Crippen LogP) is 12.2. The smallest absolute Gasteiger partial charge is 0.0381 e. The highest BCUT2D eigenvalue weighted by Gasteiger charge is 2.11. The molecule has 1 nitrogen and oxygen atoms in total. The molecule has 260 valence electrons. The van der Waals surface area contributed by atoms with Gasteiger partial charge in [0, 0.05) is 9.75 Å². The van der Waals surface area contributed by atoms with Crippen LogP contribution in [0.15, 0.2) is 188 Å². The van der Waals surface area contributed by atoms with E-state index in [1.165, 1.54) is 59.1 Å². The fourth-order valence-electron chi connectivity index (χ4n) is 6.16. The molecular weight excluding hydrogens is 659 g/mol. The van der Waals surface area contributed by atoms with Gasteiger partial charge in [0.1, 0.15) is 0 Å². The molecule has 0 saturated heterocycles. The Morgan fingerprint density at radius 2 is 1.23 bits per heavy atom. The third-order valence-corrected chi connectivity index (χ3v) is 10.3. The molecule has 0 spiro atoms. The highest BCUT2D eigenvalue weighted by molar-refractivity contribution is 7.19. The van der Waals surface area contributed by atoms with Crippen LogP contribution in [0.4, 0.5) is 0 Å². The minimum Gasteiger partial charge on any atom is -0.405 e. The van der Waals surface area contributed by atoms with Gasteiger partial charge in [0.15, 0.2) is 0 Å². The third kappa shape index (κ3) is 9.98. The third-order valence-electron chi connectivity index (χ3n) is 9.01. The summed E-state index contributed by atoms with van der Waals surface area (Å²) in [6, 6.07) is 53.4. The van der Waals surface area contributed by atoms with Crippen LogP contribution in [-0.4, -0.2) is 0 Å². The largest absolute Gasteiger partial charge is 0.405 e. The molecule has 6 aromatic carbocycles. The molecule has 0 saturated carbocycles. The van der Waals surface area contributed by atoms with Crippen molar-refractivity contribution in [2.24, 2.45) is 5.73 Å². The summed E-state index contributed by atoms with van der Waals surface area (Å²) in [7, 11) is 0. The van der Waals surface area contributed by atoms with Gasteiger partial charge >= 0.3 is 0 Å². The topological polar surface area (TPSA) is 26.0 Å². The summed E-state index contributed by atoms with van der Waals surface area (Å²) in [6.45, 7) is 6.51. The van der Waals surface area contributed by atoms with Gasteiger partial charge in [-0.3, -0.25) is 0 Å². The molecule has 1 heterocycles. The SMILES string of the molecule is Cc1ccc2ccccc2c1.Cc1ccccc1-c1sc(-c2ccc(\C=C/C=c3/cccc/c3=C\C=C/C(=C\C=C\N)c3ccccc3)cc2)cc1C. The first kappa shape index (κ1) is 36.6. The quantitative estimate of drug-likeness (QED) is 0.157. The first-order valence-electron chi connectivity index (χ1n) is 18.0. The van der Waals surface area contributed by atoms with Crippen LogP contribution in [0.25, 0.3) is 55.5 Å². The maximum atomic E-state index is 5.58. The van der Waals surface area contributed by atoms with Crippen molar-refractivity contribution in [3.8, 4) is 20.9 Å². The van der Waals surface area contributed by atoms with Gasteiger partial charge in [-0.1, -0.05) is 194 Å². The van der Waals surface area contributed by atoms with E-state index in [9.17, 15) is 0 Å². The maximum Gasteiger partial charge on any atom is 0.0381 e. The number of hydrogen-bond donors (Lipinski definition) is 1. The molecule has 0 atom stereocenters. The molecule has 1 aromatic heterocycles. The Hall–Kier alpha value is -6.22. The highest BCUT2D eigenvalue weighted by atomic mass is 32.1. The van der Waals surface area contributed by atoms with Gasteiger partial charge in [-0.15, -0.1) is 11.3 Å². The zero-order valence-electron chi connectivity index (χ0n) is 30.6. The summed E-state index contributed by atoms with van der Waals surface area (Å²) in [4.78, 5) is 2.65. The number of rotatable bonds is 8. The van der Waals surface area contributed by atoms with Crippen molar-refractivity contribution in [2.75, 3.05) is 0 Å². The minimum absolute atomic E-state index is 1.10. The second-order valence-corrected chi connectivity index (χ2v) is 14.0. The molecule has 2 heteroatoms. The monoisotopic (exact) mass is 703 g/mol. The lowest BCUT2D eigenvalue weighted by Gasteiger charge is -2.03. The molecule has 0 unspecified atom stereocenters. The van der Waals surface area contributed by atoms with Crippen molar-refractivity contribution in [2.45, 2.75) is 20.8 Å². The molecule has 0 aliphatic carbocycles. The average Bonchev–Trinajstić information content (AvgIpc) is 3.58. The molecule has 2 N–H and O–H groups in total. The first-order valence-corrected chi connectivity index (χ1v) is 18.8. The summed E-state index contributed by atoms with van der Waals surface area (Å²) in [5, 5.41) is 4.97. The number of thiophene rings is 1. The maximum absolute atomic E-state index is 5.58. The lowest BCUT2D eigenvalue weighted by Crippen LogP contribution is -2.22. The Bertz CT molecular complexity index is 2530. The second-order valence-electron chi connectivity index (χ2n) is 13.0. The summed E-state index contributed by atoms with van der Waals surface area (Å²) in [6.07, 6.45) is 18.2. The Labute approximate surface area is 318 Å². The standard InChI is InChI=1S/C40H35NS.C11H10/c1-30-13-6-9-23-38(30)40-31(2)29-39(42-40)37-26-24-32(25-27-37)14-10-19-34-17-7-8-18-35(34)20-11-21-36(22-12-28-41)33-15-4-3-5-16-33;1-9-6-7-10-4-2-3-5-11(10)8-9/h3-29H,41H2,1-2H3;2-8H,1H3/b14-10-,21-11-,28-12+,34-19-,35-20+,36-22+;. The molecular formula is C51H45NS. The molecule has 0 bridgehead atoms. The van der Waals surface area contributed by atoms with Gasteiger partial charge < -0.3 is 5.73 Å². The average molecular weight is 704 g/mol. The van der Waals surface area contributed by atoms with Crippen LogP contribution in [-0.2, 0) is 0 Å². The minimum atomic E-state index is 1.10. The zero-order chi connectivity index (χ0) is 36.8. The molecule has 0 aliphatic heterocycles. The van der Waals surface area contributed by atoms with Crippen molar-refractivity contribution >= 4 is 45.9 Å². The molecule has 53 heavy (non-hydrogen) atoms. The van der Waals surface area contributed by atoms with Gasteiger partial charge in [-0.25, -0.2) is 0 Å². The van der Waals surface area contributed by atoms with Gasteiger partial charge in [0.25, 0.3) is 0 Å². The van der Waals surface area contributed by atoms with Crippen LogP contribution >= 0.6 is 11.3 Å². The Kier molecular flexibility index (Phi) is 12.6. The van der Waals surface area contributed by atoms with E-state index in [2.05, 4.69) is 191 Å². The van der Waals surface area contributed by atoms with Crippen LogP contribution in [0, 0.1) is 20.8 Å². The molecule has 7 aromatic rings. The molecule has 7 rings (SSSR count). The van der Waals surface area contributed by atoms with E-state index in [0.29, 0.717) is 0 Å². The fourth-order valence-corrected chi connectivity index (χ4v) is 7.43. The van der Waals surface area contributed by atoms with Crippen LogP contribution in [0.5, 0.6) is 0 Å². The van der Waals surface area contributed by atoms with E-state index in [-0.39, 0.29) is 0 Å². The molecule has 0 amide bonds. The van der Waals surface area contributed by atoms with Crippen LogP contribution < -0.4 is 16.2 Å². The normalized spacial score (nSPS) is 12.6. The number of allylic oxidation sites excluding steroid dienone is 6. The van der Waals surface area contributed by atoms with Gasteiger partial charge in [0.2, 0.25) is 0 Å². The van der Waals surface area contributed by atoms with E-state index in [1.54, 1.807) is 6.20 Å². The van der Waals surface area contributed by atoms with Crippen LogP contribution in [0.1, 0.15) is 27.8 Å². The van der Waals surface area contributed by atoms with Crippen molar-refractivity contribution in [3.05, 3.63) is 226 Å². The van der Waals surface area contributed by atoms with Crippen molar-refractivity contribution < 1.29 is 0 Å². The number of aryl methyl sites for hydroxylation is 3. The number of nitrogens with two attached hydrogens (primary N) is 1. The van der Waals surface area contributed by atoms with Crippen LogP contribution in [0.3, 0.4) is 0 Å². The van der Waals surface area contributed by atoms with E-state index >= 15 is 0 Å². The van der Waals surface area contributed by atoms with Crippen molar-refractivity contribution in [1.29, 1.82) is 0 Å². The molecule has 0 fully saturated rings. The van der Waals surface area contributed by atoms with Crippen LogP contribution in [0.2, 0.25) is 0 Å². The number of benzene rings is 6. The van der Waals surface area contributed by atoms with Gasteiger partial charge in [0.05, 0.1) is 0 Å². The van der Waals surface area contributed by atoms with E-state index < -0.39 is 0 Å². The van der Waals surface area contributed by atoms with E-state index in [4.69, 9.17) is 5.73 Å². The lowest BCUT2D eigenvalue weighted by molar-refractivity contribution is 1.45. The summed E-state index contributed by atoms with van der Waals surface area (Å²) >= 11 is 1.87. The number of hydrogen-bond acceptors (Lipinski definition) is 2. The number of fused-ring (bicyclic) bond motifs is 1. The summed E-state index contributed by atoms with van der Waals surface area (Å²) in [5.41, 5.74) is 15.5. The summed E-state index contributed by atoms with van der Waals surface area (Å²) < 4.78 is 0. The highest BCUT2D eigenvalue weighted by Crippen LogP contribution is 2.39. The van der Waals surface area contributed by atoms with Gasteiger partial charge in [-0.05, 0) is 99.3 Å². The Balaban J connectivity index is 0.000000370. The summed E-state index contributed by atoms with van der Waals surface area (Å²) in [5.74, 6) is 0. The van der Waals surface area contributed by atoms with Crippen molar-refractivity contribution in [1.82, 2.24) is 0 Å². The first-order chi connectivity index (χ1) is 26.0. The lowest BCUT2D eigenvalue weighted by atomic mass is 10.0. The Morgan fingerprint density at radius 3 is 1.96 bits per heavy atom. The second kappa shape index (κ2) is 18.3. The fraction of sp³-hybridized carbons (Fsp3) is 0.0588. The molecule has 0 radical (unpaired) electrons.